The molecule has 3 heterocycles. The number of rotatable bonds is 4. The number of hydrogen-bond acceptors (Lipinski definition) is 4. The molecule has 7 heteroatoms. The molecule has 1 aromatic heterocycles. The molecule has 1 aromatic carbocycles. The van der Waals surface area contributed by atoms with Gasteiger partial charge in [0.15, 0.2) is 5.43 Å². The monoisotopic (exact) mass is 373 g/mol. The first-order chi connectivity index (χ1) is 13.0. The number of pyridine rings is 1. The van der Waals surface area contributed by atoms with Crippen molar-refractivity contribution in [3.05, 3.63) is 46.0 Å². The largest absolute Gasteiger partial charge is 0.395 e. The van der Waals surface area contributed by atoms with Crippen LogP contribution >= 0.6 is 0 Å². The fourth-order valence-corrected chi connectivity index (χ4v) is 4.57. The van der Waals surface area contributed by atoms with Crippen LogP contribution in [0.5, 0.6) is 0 Å². The Balaban J connectivity index is 1.53. The molecule has 0 bridgehead atoms. The lowest BCUT2D eigenvalue weighted by Crippen LogP contribution is -2.50. The number of aromatic nitrogens is 1. The maximum Gasteiger partial charge on any atom is 0.230 e. The number of H-pyrrole nitrogens is 1. The zero-order valence-electron chi connectivity index (χ0n) is 15.2. The van der Waals surface area contributed by atoms with Gasteiger partial charge < -0.3 is 15.0 Å². The van der Waals surface area contributed by atoms with E-state index in [1.165, 1.54) is 18.2 Å². The van der Waals surface area contributed by atoms with Crippen LogP contribution in [0.3, 0.4) is 0 Å². The van der Waals surface area contributed by atoms with Crippen molar-refractivity contribution in [2.75, 3.05) is 32.8 Å². The molecule has 2 saturated heterocycles. The van der Waals surface area contributed by atoms with Gasteiger partial charge in [0.05, 0.1) is 17.5 Å². The van der Waals surface area contributed by atoms with Crippen LogP contribution in [0, 0.1) is 11.2 Å². The molecular formula is C20H24FN3O3. The van der Waals surface area contributed by atoms with Crippen LogP contribution in [-0.2, 0) is 11.3 Å². The Bertz CT molecular complexity index is 926. The quantitative estimate of drug-likeness (QED) is 0.851. The molecule has 1 atom stereocenters. The van der Waals surface area contributed by atoms with E-state index in [0.29, 0.717) is 37.3 Å². The lowest BCUT2D eigenvalue weighted by molar-refractivity contribution is -0.146. The van der Waals surface area contributed by atoms with E-state index in [1.54, 1.807) is 11.0 Å². The Kier molecular flexibility index (Phi) is 4.74. The maximum absolute atomic E-state index is 14.1. The average Bonchev–Trinajstić information content (AvgIpc) is 3.04. The number of carbonyl (C=O) groups excluding carboxylic acids is 1. The molecule has 2 aromatic rings. The van der Waals surface area contributed by atoms with Crippen molar-refractivity contribution in [2.45, 2.75) is 25.8 Å². The first-order valence-electron chi connectivity index (χ1n) is 9.45. The second kappa shape index (κ2) is 7.05. The molecular weight excluding hydrogens is 349 g/mol. The third-order valence-electron chi connectivity index (χ3n) is 5.89. The number of carbonyl (C=O) groups is 1. The Morgan fingerprint density at radius 1 is 1.22 bits per heavy atom. The molecule has 1 amide bonds. The molecule has 2 fully saturated rings. The summed E-state index contributed by atoms with van der Waals surface area (Å²) in [7, 11) is 0. The summed E-state index contributed by atoms with van der Waals surface area (Å²) in [6.07, 6.45) is 2.57. The molecule has 2 N–H and O–H groups in total. The third-order valence-corrected chi connectivity index (χ3v) is 5.89. The molecule has 4 rings (SSSR count). The van der Waals surface area contributed by atoms with Crippen LogP contribution in [0.25, 0.3) is 10.9 Å². The van der Waals surface area contributed by atoms with Gasteiger partial charge in [-0.1, -0.05) is 6.07 Å². The second-order valence-electron chi connectivity index (χ2n) is 7.68. The highest BCUT2D eigenvalue weighted by molar-refractivity contribution is 5.84. The summed E-state index contributed by atoms with van der Waals surface area (Å²) in [5, 5.41) is 9.53. The van der Waals surface area contributed by atoms with Gasteiger partial charge in [-0.3, -0.25) is 14.5 Å². The van der Waals surface area contributed by atoms with E-state index in [1.807, 2.05) is 0 Å². The zero-order chi connectivity index (χ0) is 19.0. The molecule has 2 aliphatic rings. The van der Waals surface area contributed by atoms with Crippen molar-refractivity contribution in [1.29, 1.82) is 0 Å². The number of hydrogen-bond donors (Lipinski definition) is 2. The number of nitrogens with zero attached hydrogens (tertiary/aromatic N) is 2. The predicted octanol–water partition coefficient (Wildman–Crippen LogP) is 1.47. The fraction of sp³-hybridized carbons (Fsp3) is 0.500. The SMILES string of the molecule is O=C1N(CCO)CCC[C@]12CCN(Cc1cc(=O)c3cccc(F)c3[nH]1)C2. The number of aromatic amines is 1. The summed E-state index contributed by atoms with van der Waals surface area (Å²) in [4.78, 5) is 32.2. The molecule has 0 radical (unpaired) electrons. The highest BCUT2D eigenvalue weighted by Gasteiger charge is 2.48. The first kappa shape index (κ1) is 18.1. The summed E-state index contributed by atoms with van der Waals surface area (Å²) in [5.74, 6) is -0.310. The number of fused-ring (bicyclic) bond motifs is 1. The van der Waals surface area contributed by atoms with Crippen LogP contribution in [0.1, 0.15) is 25.0 Å². The third kappa shape index (κ3) is 3.26. The van der Waals surface area contributed by atoms with Gasteiger partial charge in [0, 0.05) is 43.3 Å². The van der Waals surface area contributed by atoms with Gasteiger partial charge in [-0.05, 0) is 37.9 Å². The van der Waals surface area contributed by atoms with Crippen molar-refractivity contribution in [2.24, 2.45) is 5.41 Å². The van der Waals surface area contributed by atoms with Crippen LogP contribution in [0.2, 0.25) is 0 Å². The summed E-state index contributed by atoms with van der Waals surface area (Å²) in [5.41, 5.74) is 0.299. The normalized spacial score (nSPS) is 23.6. The second-order valence-corrected chi connectivity index (χ2v) is 7.68. The summed E-state index contributed by atoms with van der Waals surface area (Å²) in [6.45, 7) is 2.95. The molecule has 1 spiro atoms. The molecule has 0 saturated carbocycles. The van der Waals surface area contributed by atoms with E-state index in [2.05, 4.69) is 9.88 Å². The summed E-state index contributed by atoms with van der Waals surface area (Å²) in [6, 6.07) is 6.00. The van der Waals surface area contributed by atoms with E-state index in [9.17, 15) is 19.1 Å². The molecule has 6 nitrogen and oxygen atoms in total. The van der Waals surface area contributed by atoms with Crippen LogP contribution in [0.4, 0.5) is 4.39 Å². The number of aliphatic hydroxyl groups excluding tert-OH is 1. The number of aliphatic hydroxyl groups is 1. The van der Waals surface area contributed by atoms with Gasteiger partial charge >= 0.3 is 0 Å². The van der Waals surface area contributed by atoms with Crippen molar-refractivity contribution in [3.63, 3.8) is 0 Å². The number of likely N-dealkylation sites (tertiary alicyclic amines) is 2. The molecule has 2 aliphatic heterocycles. The maximum atomic E-state index is 14.1. The average molecular weight is 373 g/mol. The first-order valence-corrected chi connectivity index (χ1v) is 9.45. The van der Waals surface area contributed by atoms with E-state index >= 15 is 0 Å². The number of amides is 1. The van der Waals surface area contributed by atoms with Crippen LogP contribution in [-0.4, -0.2) is 58.6 Å². The van der Waals surface area contributed by atoms with Crippen molar-refractivity contribution >= 4 is 16.8 Å². The topological polar surface area (TPSA) is 76.6 Å². The summed E-state index contributed by atoms with van der Waals surface area (Å²) < 4.78 is 14.1. The Hall–Kier alpha value is -2.25. The van der Waals surface area contributed by atoms with Crippen LogP contribution in [0.15, 0.2) is 29.1 Å². The van der Waals surface area contributed by atoms with Crippen molar-refractivity contribution < 1.29 is 14.3 Å². The lowest BCUT2D eigenvalue weighted by Gasteiger charge is -2.39. The number of β-amino-alcohol motifs (C(OH)–C–C–N with tert-alkyl or cyclic N) is 1. The van der Waals surface area contributed by atoms with Gasteiger partial charge in [0.25, 0.3) is 0 Å². The minimum Gasteiger partial charge on any atom is -0.395 e. The van der Waals surface area contributed by atoms with E-state index in [4.69, 9.17) is 0 Å². The lowest BCUT2D eigenvalue weighted by atomic mass is 9.78. The van der Waals surface area contributed by atoms with Gasteiger partial charge in [0.2, 0.25) is 5.91 Å². The number of piperidine rings is 1. The highest BCUT2D eigenvalue weighted by Crippen LogP contribution is 2.40. The van der Waals surface area contributed by atoms with E-state index in [0.717, 1.165) is 25.8 Å². The van der Waals surface area contributed by atoms with E-state index in [-0.39, 0.29) is 23.5 Å². The Morgan fingerprint density at radius 3 is 2.89 bits per heavy atom. The number of halogens is 1. The zero-order valence-corrected chi connectivity index (χ0v) is 15.2. The Labute approximate surface area is 156 Å². The minimum atomic E-state index is -0.438. The molecule has 0 unspecified atom stereocenters. The highest BCUT2D eigenvalue weighted by atomic mass is 19.1. The number of nitrogens with one attached hydrogen (secondary N) is 1. The van der Waals surface area contributed by atoms with E-state index < -0.39 is 11.2 Å². The molecule has 144 valence electrons. The fourth-order valence-electron chi connectivity index (χ4n) is 4.57. The van der Waals surface area contributed by atoms with Gasteiger partial charge in [-0.15, -0.1) is 0 Å². The summed E-state index contributed by atoms with van der Waals surface area (Å²) >= 11 is 0. The van der Waals surface area contributed by atoms with Gasteiger partial charge in [-0.2, -0.15) is 0 Å². The predicted molar refractivity (Wildman–Crippen MR) is 99.8 cm³/mol. The molecule has 27 heavy (non-hydrogen) atoms. The van der Waals surface area contributed by atoms with Crippen molar-refractivity contribution in [3.8, 4) is 0 Å². The van der Waals surface area contributed by atoms with Gasteiger partial charge in [0.1, 0.15) is 5.82 Å². The van der Waals surface area contributed by atoms with Gasteiger partial charge in [-0.25, -0.2) is 4.39 Å². The number of benzene rings is 1. The molecule has 0 aliphatic carbocycles. The smallest absolute Gasteiger partial charge is 0.230 e. The van der Waals surface area contributed by atoms with Crippen molar-refractivity contribution in [1.82, 2.24) is 14.8 Å². The standard InChI is InChI=1S/C20H24FN3O3/c21-16-4-1-3-15-17(26)11-14(22-18(15)16)12-23-8-6-20(13-23)5-2-7-24(9-10-25)19(20)27/h1,3-4,11,25H,2,5-10,12-13H2,(H,22,26)/t20-/m1/s1. The van der Waals surface area contributed by atoms with Crippen LogP contribution < -0.4 is 5.43 Å². The number of para-hydroxylation sites is 1. The Morgan fingerprint density at radius 2 is 2.07 bits per heavy atom. The minimum absolute atomic E-state index is 0.0184.